The highest BCUT2D eigenvalue weighted by Gasteiger charge is 2.54. The number of rotatable bonds is 3. The summed E-state index contributed by atoms with van der Waals surface area (Å²) >= 11 is 0. The quantitative estimate of drug-likeness (QED) is 0.831. The first-order valence-electron chi connectivity index (χ1n) is 9.71. The molecule has 2 saturated carbocycles. The lowest BCUT2D eigenvalue weighted by Gasteiger charge is -2.59. The molecule has 23 heavy (non-hydrogen) atoms. The predicted molar refractivity (Wildman–Crippen MR) is 93.0 cm³/mol. The van der Waals surface area contributed by atoms with Gasteiger partial charge in [0.1, 0.15) is 5.75 Å². The fourth-order valence-corrected chi connectivity index (χ4v) is 6.05. The van der Waals surface area contributed by atoms with E-state index in [-0.39, 0.29) is 0 Å². The summed E-state index contributed by atoms with van der Waals surface area (Å²) in [6.45, 7) is 2.71. The number of benzene rings is 1. The molecule has 0 amide bonds. The van der Waals surface area contributed by atoms with Crippen LogP contribution >= 0.6 is 0 Å². The molecule has 0 aromatic heterocycles. The first-order valence-corrected chi connectivity index (χ1v) is 9.71. The molecular weight excluding hydrogens is 282 g/mol. The number of methoxy groups -OCH3 is 1. The molecule has 2 heteroatoms. The smallest absolute Gasteiger partial charge is 0.119 e. The second-order valence-corrected chi connectivity index (χ2v) is 8.49. The summed E-state index contributed by atoms with van der Waals surface area (Å²) in [6.07, 6.45) is 11.3. The zero-order valence-corrected chi connectivity index (χ0v) is 14.4. The minimum atomic E-state index is 0.463. The van der Waals surface area contributed by atoms with Crippen LogP contribution < -0.4 is 4.74 Å². The molecule has 2 bridgehead atoms. The highest BCUT2D eigenvalue weighted by atomic mass is 16.5. The van der Waals surface area contributed by atoms with E-state index >= 15 is 0 Å². The molecule has 5 rings (SSSR count). The van der Waals surface area contributed by atoms with Crippen molar-refractivity contribution in [2.24, 2.45) is 11.8 Å². The minimum Gasteiger partial charge on any atom is -0.497 e. The molecule has 0 radical (unpaired) electrons. The number of fused-ring (bicyclic) bond motifs is 1. The largest absolute Gasteiger partial charge is 0.497 e. The first kappa shape index (κ1) is 14.3. The number of ether oxygens (including phenoxy) is 1. The van der Waals surface area contributed by atoms with Gasteiger partial charge in [-0.3, -0.25) is 4.90 Å². The average Bonchev–Trinajstić information content (AvgIpc) is 3.41. The SMILES string of the molecule is COc1ccc2c(c1)[C@]13CCCC[C@H]1[C@@H](C2)N(CC1CC1)CC3. The third-order valence-electron chi connectivity index (χ3n) is 7.35. The summed E-state index contributed by atoms with van der Waals surface area (Å²) in [5, 5.41) is 0. The predicted octanol–water partition coefficient (Wildman–Crippen LogP) is 4.16. The van der Waals surface area contributed by atoms with Gasteiger partial charge in [-0.05, 0) is 80.2 Å². The molecule has 124 valence electrons. The standard InChI is InChI=1S/C21H29NO/c1-23-17-8-7-16-12-20-18-4-2-3-9-21(18,19(16)13-17)10-11-22(20)14-15-5-6-15/h7-8,13,15,18,20H,2-6,9-12,14H2,1H3/t18-,20+,21-/m0/s1. The third-order valence-corrected chi connectivity index (χ3v) is 7.35. The molecule has 0 N–H and O–H groups in total. The molecule has 1 aromatic carbocycles. The van der Waals surface area contributed by atoms with Crippen LogP contribution in [0.4, 0.5) is 0 Å². The van der Waals surface area contributed by atoms with E-state index in [1.807, 2.05) is 7.11 Å². The second kappa shape index (κ2) is 5.24. The fraction of sp³-hybridized carbons (Fsp3) is 0.714. The van der Waals surface area contributed by atoms with Gasteiger partial charge in [0.05, 0.1) is 7.11 Å². The monoisotopic (exact) mass is 311 g/mol. The maximum Gasteiger partial charge on any atom is 0.119 e. The van der Waals surface area contributed by atoms with Crippen LogP contribution in [0.2, 0.25) is 0 Å². The van der Waals surface area contributed by atoms with Crippen molar-refractivity contribution in [1.29, 1.82) is 0 Å². The summed E-state index contributed by atoms with van der Waals surface area (Å²) in [7, 11) is 1.81. The van der Waals surface area contributed by atoms with Gasteiger partial charge in [0.2, 0.25) is 0 Å². The molecule has 1 saturated heterocycles. The first-order chi connectivity index (χ1) is 11.3. The van der Waals surface area contributed by atoms with Gasteiger partial charge in [0, 0.05) is 18.0 Å². The Kier molecular flexibility index (Phi) is 3.27. The maximum atomic E-state index is 5.57. The number of hydrogen-bond acceptors (Lipinski definition) is 2. The number of hydrogen-bond donors (Lipinski definition) is 0. The Balaban J connectivity index is 1.57. The summed E-state index contributed by atoms with van der Waals surface area (Å²) in [6, 6.07) is 7.75. The van der Waals surface area contributed by atoms with Crippen LogP contribution in [0.5, 0.6) is 5.75 Å². The van der Waals surface area contributed by atoms with Crippen molar-refractivity contribution in [1.82, 2.24) is 4.90 Å². The highest BCUT2D eigenvalue weighted by molar-refractivity contribution is 5.45. The zero-order valence-electron chi connectivity index (χ0n) is 14.4. The molecule has 1 aliphatic heterocycles. The van der Waals surface area contributed by atoms with Crippen molar-refractivity contribution in [3.8, 4) is 5.75 Å². The van der Waals surface area contributed by atoms with Gasteiger partial charge >= 0.3 is 0 Å². The highest BCUT2D eigenvalue weighted by Crippen LogP contribution is 2.56. The number of piperidine rings is 1. The topological polar surface area (TPSA) is 12.5 Å². The molecule has 1 aromatic rings. The van der Waals surface area contributed by atoms with Crippen LogP contribution in [0.3, 0.4) is 0 Å². The normalized spacial score (nSPS) is 36.2. The Morgan fingerprint density at radius 1 is 1.17 bits per heavy atom. The van der Waals surface area contributed by atoms with Gasteiger partial charge in [0.25, 0.3) is 0 Å². The van der Waals surface area contributed by atoms with E-state index in [0.717, 1.165) is 23.6 Å². The summed E-state index contributed by atoms with van der Waals surface area (Å²) in [4.78, 5) is 2.89. The molecular formula is C21H29NO. The van der Waals surface area contributed by atoms with E-state index in [1.165, 1.54) is 64.5 Å². The Morgan fingerprint density at radius 3 is 2.91 bits per heavy atom. The van der Waals surface area contributed by atoms with E-state index in [1.54, 1.807) is 11.1 Å². The van der Waals surface area contributed by atoms with Crippen LogP contribution in [0, 0.1) is 11.8 Å². The summed E-state index contributed by atoms with van der Waals surface area (Å²) < 4.78 is 5.57. The van der Waals surface area contributed by atoms with E-state index in [0.29, 0.717) is 5.41 Å². The second-order valence-electron chi connectivity index (χ2n) is 8.49. The van der Waals surface area contributed by atoms with Crippen molar-refractivity contribution in [2.45, 2.75) is 62.8 Å². The van der Waals surface area contributed by atoms with Gasteiger partial charge in [-0.25, -0.2) is 0 Å². The molecule has 4 aliphatic rings. The van der Waals surface area contributed by atoms with Crippen molar-refractivity contribution < 1.29 is 4.74 Å². The Bertz CT molecular complexity index is 608. The van der Waals surface area contributed by atoms with Gasteiger partial charge in [0.15, 0.2) is 0 Å². The van der Waals surface area contributed by atoms with E-state index in [9.17, 15) is 0 Å². The van der Waals surface area contributed by atoms with Crippen LogP contribution in [-0.2, 0) is 11.8 Å². The van der Waals surface area contributed by atoms with Crippen molar-refractivity contribution in [2.75, 3.05) is 20.2 Å². The van der Waals surface area contributed by atoms with Crippen molar-refractivity contribution >= 4 is 0 Å². The average molecular weight is 311 g/mol. The lowest BCUT2D eigenvalue weighted by atomic mass is 9.52. The van der Waals surface area contributed by atoms with E-state index in [4.69, 9.17) is 4.74 Å². The zero-order chi connectivity index (χ0) is 15.4. The van der Waals surface area contributed by atoms with Crippen molar-refractivity contribution in [3.05, 3.63) is 29.3 Å². The maximum absolute atomic E-state index is 5.57. The van der Waals surface area contributed by atoms with Gasteiger partial charge < -0.3 is 4.74 Å². The van der Waals surface area contributed by atoms with E-state index < -0.39 is 0 Å². The number of likely N-dealkylation sites (tertiary alicyclic amines) is 1. The Hall–Kier alpha value is -1.02. The molecule has 3 atom stereocenters. The van der Waals surface area contributed by atoms with Gasteiger partial charge in [-0.2, -0.15) is 0 Å². The van der Waals surface area contributed by atoms with Crippen LogP contribution in [-0.4, -0.2) is 31.1 Å². The van der Waals surface area contributed by atoms with Crippen LogP contribution in [0.1, 0.15) is 56.1 Å². The molecule has 3 aliphatic carbocycles. The van der Waals surface area contributed by atoms with Crippen molar-refractivity contribution in [3.63, 3.8) is 0 Å². The Morgan fingerprint density at radius 2 is 2.09 bits per heavy atom. The van der Waals surface area contributed by atoms with Gasteiger partial charge in [-0.1, -0.05) is 18.9 Å². The molecule has 0 spiro atoms. The minimum absolute atomic E-state index is 0.463. The third kappa shape index (κ3) is 2.17. The fourth-order valence-electron chi connectivity index (χ4n) is 6.05. The van der Waals surface area contributed by atoms with Crippen LogP contribution in [0.25, 0.3) is 0 Å². The number of nitrogens with zero attached hydrogens (tertiary/aromatic N) is 1. The Labute approximate surface area is 140 Å². The molecule has 0 unspecified atom stereocenters. The van der Waals surface area contributed by atoms with Crippen LogP contribution in [0.15, 0.2) is 18.2 Å². The summed E-state index contributed by atoms with van der Waals surface area (Å²) in [5.41, 5.74) is 3.74. The lowest BCUT2D eigenvalue weighted by Crippen LogP contribution is -2.61. The molecule has 2 nitrogen and oxygen atoms in total. The summed E-state index contributed by atoms with van der Waals surface area (Å²) in [5.74, 6) is 2.97. The molecule has 3 fully saturated rings. The lowest BCUT2D eigenvalue weighted by molar-refractivity contribution is -0.0134. The van der Waals surface area contributed by atoms with E-state index in [2.05, 4.69) is 23.1 Å². The molecule has 1 heterocycles. The van der Waals surface area contributed by atoms with Gasteiger partial charge in [-0.15, -0.1) is 0 Å².